The highest BCUT2D eigenvalue weighted by atomic mass is 16.2. The van der Waals surface area contributed by atoms with Crippen molar-refractivity contribution in [3.63, 3.8) is 0 Å². The first-order valence-corrected chi connectivity index (χ1v) is 20.6. The second kappa shape index (κ2) is 17.6. The van der Waals surface area contributed by atoms with Gasteiger partial charge in [0, 0.05) is 48.4 Å². The molecule has 6 heterocycles. The second-order valence-corrected chi connectivity index (χ2v) is 15.4. The number of aromatic nitrogens is 4. The standard InChI is InChI=1S/C44H48N10O5/c45-39-38-37(28-16-18-29(19-17-28)41(56)49-34-15-6-8-23-47-34)51-40(53(38)27-24-48-39)32-14-11-26-52(32)25-9-5-3-1-2-4-7-22-46-31-13-10-12-30-36(31)44(59)54(43(30)58)33-20-21-35(55)50-42(33)57/h6,8,10,12-13,15-19,23-24,27,32-33,46H,1-5,7,9,11,14,20-22,25-26H2,(H2,45,48)(H,47,49,56)(H,50,55,57)/t32-,33?/m0/s1. The highest BCUT2D eigenvalue weighted by Gasteiger charge is 2.45. The van der Waals surface area contributed by atoms with Crippen LogP contribution in [0.4, 0.5) is 17.3 Å². The van der Waals surface area contributed by atoms with Gasteiger partial charge in [-0.2, -0.15) is 0 Å². The number of benzene rings is 2. The van der Waals surface area contributed by atoms with Crippen molar-refractivity contribution < 1.29 is 24.0 Å². The number of nitrogens with zero attached hydrogens (tertiary/aromatic N) is 6. The number of imide groups is 2. The van der Waals surface area contributed by atoms with Crippen LogP contribution in [0.3, 0.4) is 0 Å². The zero-order chi connectivity index (χ0) is 40.9. The summed E-state index contributed by atoms with van der Waals surface area (Å²) in [7, 11) is 0. The summed E-state index contributed by atoms with van der Waals surface area (Å²) in [5.74, 6) is -0.393. The normalized spacial score (nSPS) is 18.1. The van der Waals surface area contributed by atoms with Gasteiger partial charge in [0.05, 0.1) is 17.2 Å². The van der Waals surface area contributed by atoms with E-state index in [9.17, 15) is 24.0 Å². The molecule has 2 fully saturated rings. The third kappa shape index (κ3) is 8.28. The number of pyridine rings is 1. The number of imidazole rings is 1. The Morgan fingerprint density at radius 2 is 1.63 bits per heavy atom. The van der Waals surface area contributed by atoms with Crippen molar-refractivity contribution in [1.29, 1.82) is 0 Å². The van der Waals surface area contributed by atoms with Crippen LogP contribution in [0.25, 0.3) is 16.8 Å². The van der Waals surface area contributed by atoms with Crippen LogP contribution in [0.5, 0.6) is 0 Å². The number of anilines is 3. The van der Waals surface area contributed by atoms with Crippen molar-refractivity contribution in [2.24, 2.45) is 0 Å². The van der Waals surface area contributed by atoms with Crippen LogP contribution in [0.15, 0.2) is 79.3 Å². The molecule has 0 bridgehead atoms. The van der Waals surface area contributed by atoms with E-state index in [4.69, 9.17) is 10.7 Å². The van der Waals surface area contributed by atoms with E-state index in [2.05, 4.69) is 35.2 Å². The fourth-order valence-electron chi connectivity index (χ4n) is 8.52. The number of hydrogen-bond donors (Lipinski definition) is 4. The first-order chi connectivity index (χ1) is 28.8. The van der Waals surface area contributed by atoms with Crippen LogP contribution >= 0.6 is 0 Å². The third-order valence-electron chi connectivity index (χ3n) is 11.5. The summed E-state index contributed by atoms with van der Waals surface area (Å²) in [5, 5.41) is 8.41. The molecule has 0 saturated carbocycles. The fourth-order valence-corrected chi connectivity index (χ4v) is 8.52. The molecular formula is C44H48N10O5. The zero-order valence-corrected chi connectivity index (χ0v) is 32.9. The quantitative estimate of drug-likeness (QED) is 0.0675. The Bertz CT molecular complexity index is 2380. The molecule has 5 N–H and O–H groups in total. The molecule has 5 aromatic rings. The lowest BCUT2D eigenvalue weighted by Crippen LogP contribution is -2.54. The van der Waals surface area contributed by atoms with E-state index in [1.54, 1.807) is 54.9 Å². The van der Waals surface area contributed by atoms with Crippen molar-refractivity contribution >= 4 is 52.4 Å². The SMILES string of the molecule is Nc1nccn2c([C@@H]3CCCN3CCCCCCCCCNc3cccc4c3C(=O)N(C3CCC(=O)NC3=O)C4=O)nc(-c3ccc(C(=O)Nc4ccccn4)cc3)c12. The Labute approximate surface area is 341 Å². The van der Waals surface area contributed by atoms with Crippen molar-refractivity contribution in [2.75, 3.05) is 36.0 Å². The largest absolute Gasteiger partial charge is 0.384 e. The van der Waals surface area contributed by atoms with Gasteiger partial charge in [-0.15, -0.1) is 0 Å². The molecule has 304 valence electrons. The number of nitrogen functional groups attached to an aromatic ring is 1. The Kier molecular flexibility index (Phi) is 11.7. The molecule has 15 heteroatoms. The number of carbonyl (C=O) groups excluding carboxylic acids is 5. The summed E-state index contributed by atoms with van der Waals surface area (Å²) in [4.78, 5) is 80.6. The van der Waals surface area contributed by atoms with Crippen molar-refractivity contribution in [3.05, 3.63) is 102 Å². The third-order valence-corrected chi connectivity index (χ3v) is 11.5. The summed E-state index contributed by atoms with van der Waals surface area (Å²) in [6.45, 7) is 2.67. The van der Waals surface area contributed by atoms with E-state index in [-0.39, 0.29) is 30.4 Å². The Morgan fingerprint density at radius 3 is 2.41 bits per heavy atom. The molecule has 59 heavy (non-hydrogen) atoms. The number of nitrogens with two attached hydrogens (primary N) is 1. The molecule has 15 nitrogen and oxygen atoms in total. The first-order valence-electron chi connectivity index (χ1n) is 20.6. The van der Waals surface area contributed by atoms with Crippen molar-refractivity contribution in [1.82, 2.24) is 34.5 Å². The van der Waals surface area contributed by atoms with Crippen LogP contribution < -0.4 is 21.7 Å². The summed E-state index contributed by atoms with van der Waals surface area (Å²) < 4.78 is 2.08. The average molecular weight is 797 g/mol. The zero-order valence-electron chi connectivity index (χ0n) is 32.9. The van der Waals surface area contributed by atoms with Gasteiger partial charge in [-0.3, -0.25) is 43.5 Å². The number of hydrogen-bond acceptors (Lipinski definition) is 11. The number of nitrogens with one attached hydrogen (secondary N) is 3. The van der Waals surface area contributed by atoms with Gasteiger partial charge < -0.3 is 16.4 Å². The van der Waals surface area contributed by atoms with E-state index in [1.807, 2.05) is 24.4 Å². The lowest BCUT2D eigenvalue weighted by Gasteiger charge is -2.27. The molecule has 0 radical (unpaired) electrons. The maximum absolute atomic E-state index is 13.3. The molecule has 3 aliphatic rings. The number of likely N-dealkylation sites (tertiary alicyclic amines) is 1. The highest BCUT2D eigenvalue weighted by Crippen LogP contribution is 2.37. The summed E-state index contributed by atoms with van der Waals surface area (Å²) in [6.07, 6.45) is 15.2. The summed E-state index contributed by atoms with van der Waals surface area (Å²) >= 11 is 0. The molecule has 2 atom stereocenters. The van der Waals surface area contributed by atoms with Gasteiger partial charge in [-0.05, 0) is 81.6 Å². The fraction of sp³-hybridized carbons (Fsp3) is 0.364. The van der Waals surface area contributed by atoms with Gasteiger partial charge in [-0.1, -0.05) is 56.4 Å². The predicted octanol–water partition coefficient (Wildman–Crippen LogP) is 6.01. The molecule has 3 aliphatic heterocycles. The van der Waals surface area contributed by atoms with Gasteiger partial charge in [-0.25, -0.2) is 15.0 Å². The maximum Gasteiger partial charge on any atom is 0.264 e. The Morgan fingerprint density at radius 1 is 0.831 bits per heavy atom. The van der Waals surface area contributed by atoms with E-state index in [0.29, 0.717) is 35.0 Å². The summed E-state index contributed by atoms with van der Waals surface area (Å²) in [5.41, 5.74) is 10.5. The van der Waals surface area contributed by atoms with Crippen molar-refractivity contribution in [3.8, 4) is 11.3 Å². The number of carbonyl (C=O) groups is 5. The summed E-state index contributed by atoms with van der Waals surface area (Å²) in [6, 6.07) is 17.0. The molecule has 0 aliphatic carbocycles. The smallest absolute Gasteiger partial charge is 0.264 e. The van der Waals surface area contributed by atoms with Gasteiger partial charge in [0.25, 0.3) is 17.7 Å². The molecule has 8 rings (SSSR count). The minimum atomic E-state index is -0.981. The topological polar surface area (TPSA) is 197 Å². The van der Waals surface area contributed by atoms with Crippen molar-refractivity contribution in [2.45, 2.75) is 82.7 Å². The molecular weight excluding hydrogens is 749 g/mol. The molecule has 0 spiro atoms. The van der Waals surface area contributed by atoms with Gasteiger partial charge in [0.15, 0.2) is 0 Å². The van der Waals surface area contributed by atoms with Crippen LogP contribution in [0.1, 0.15) is 114 Å². The van der Waals surface area contributed by atoms with Gasteiger partial charge in [0.2, 0.25) is 11.8 Å². The molecule has 2 aromatic carbocycles. The molecule has 1 unspecified atom stereocenters. The number of fused-ring (bicyclic) bond motifs is 2. The lowest BCUT2D eigenvalue weighted by atomic mass is 10.0. The van der Waals surface area contributed by atoms with Gasteiger partial charge >= 0.3 is 0 Å². The van der Waals surface area contributed by atoms with E-state index < -0.39 is 29.7 Å². The maximum atomic E-state index is 13.3. The van der Waals surface area contributed by atoms with Crippen LogP contribution in [0, 0.1) is 0 Å². The minimum Gasteiger partial charge on any atom is -0.384 e. The molecule has 2 saturated heterocycles. The first kappa shape index (κ1) is 39.4. The molecule has 3 aromatic heterocycles. The number of amides is 5. The minimum absolute atomic E-state index is 0.0876. The van der Waals surface area contributed by atoms with Gasteiger partial charge in [0.1, 0.15) is 34.7 Å². The molecule has 5 amide bonds. The average Bonchev–Trinajstić information content (AvgIpc) is 3.94. The highest BCUT2D eigenvalue weighted by molar-refractivity contribution is 6.25. The van der Waals surface area contributed by atoms with E-state index in [1.165, 1.54) is 0 Å². The van der Waals surface area contributed by atoms with Crippen LogP contribution in [-0.4, -0.2) is 84.4 Å². The lowest BCUT2D eigenvalue weighted by molar-refractivity contribution is -0.136. The second-order valence-electron chi connectivity index (χ2n) is 15.4. The van der Waals surface area contributed by atoms with Crippen LogP contribution in [0.2, 0.25) is 0 Å². The predicted molar refractivity (Wildman–Crippen MR) is 222 cm³/mol. The van der Waals surface area contributed by atoms with E-state index >= 15 is 0 Å². The van der Waals surface area contributed by atoms with Crippen LogP contribution in [-0.2, 0) is 9.59 Å². The number of piperidine rings is 1. The Hall–Kier alpha value is -6.48. The number of rotatable bonds is 16. The Balaban J connectivity index is 0.791. The monoisotopic (exact) mass is 796 g/mol. The number of unbranched alkanes of at least 4 members (excludes halogenated alkanes) is 6. The van der Waals surface area contributed by atoms with E-state index in [0.717, 1.165) is 98.4 Å².